The highest BCUT2D eigenvalue weighted by atomic mass is 16.5. The smallest absolute Gasteiger partial charge is 0.223 e. The molecule has 1 aromatic rings. The van der Waals surface area contributed by atoms with E-state index in [2.05, 4.69) is 16.3 Å². The molecule has 1 aliphatic heterocycles. The van der Waals surface area contributed by atoms with Crippen LogP contribution in [0.3, 0.4) is 0 Å². The maximum Gasteiger partial charge on any atom is 0.223 e. The maximum atomic E-state index is 11.7. The standard InChI is InChI=1S/C19H29NO4.C11H19NO3/c1-15-4-5-17(14-19(15)16(2)22)20-8-6-18(7-9-20)24-13-12-23-11-3-10-21;1-8(7-14)9(2)10(5-4-6-13)11(15)12-3/h4-5,14,18,21H,3,6-13H2,1-2H3;6-10H,4-5H2,1-3H3,(H,12,15). The number of ketones is 1. The van der Waals surface area contributed by atoms with Gasteiger partial charge in [-0.1, -0.05) is 19.9 Å². The van der Waals surface area contributed by atoms with Gasteiger partial charge in [-0.05, 0) is 63.1 Å². The molecule has 3 unspecified atom stereocenters. The van der Waals surface area contributed by atoms with Crippen molar-refractivity contribution in [2.24, 2.45) is 17.8 Å². The highest BCUT2D eigenvalue weighted by Gasteiger charge is 2.27. The third kappa shape index (κ3) is 12.4. The first kappa shape index (κ1) is 34.4. The Kier molecular flexibility index (Phi) is 17.2. The second kappa shape index (κ2) is 19.4. The monoisotopic (exact) mass is 548 g/mol. The SMILES string of the molecule is CC(=O)c1cc(N2CCC(OCCOCCCO)CC2)ccc1C.CNC(=O)C(CCC=O)C(C)C(C)C=O. The molecule has 1 heterocycles. The van der Waals surface area contributed by atoms with Crippen LogP contribution in [0.25, 0.3) is 0 Å². The molecule has 220 valence electrons. The van der Waals surface area contributed by atoms with Gasteiger partial charge >= 0.3 is 0 Å². The molecule has 1 aromatic carbocycles. The summed E-state index contributed by atoms with van der Waals surface area (Å²) in [6.07, 6.45) is 5.43. The first-order chi connectivity index (χ1) is 18.7. The molecule has 0 aliphatic carbocycles. The van der Waals surface area contributed by atoms with E-state index in [4.69, 9.17) is 14.6 Å². The van der Waals surface area contributed by atoms with Crippen molar-refractivity contribution < 1.29 is 33.8 Å². The molecule has 0 bridgehead atoms. The van der Waals surface area contributed by atoms with Gasteiger partial charge in [-0.15, -0.1) is 0 Å². The normalized spacial score (nSPS) is 15.9. The van der Waals surface area contributed by atoms with Crippen molar-refractivity contribution in [1.29, 1.82) is 0 Å². The number of ether oxygens (including phenoxy) is 2. The molecule has 0 radical (unpaired) electrons. The average Bonchev–Trinajstić information content (AvgIpc) is 2.95. The number of aryl methyl sites for hydroxylation is 1. The Balaban J connectivity index is 0.000000439. The molecule has 39 heavy (non-hydrogen) atoms. The molecular weight excluding hydrogens is 500 g/mol. The van der Waals surface area contributed by atoms with Crippen LogP contribution in [0.4, 0.5) is 5.69 Å². The number of amides is 1. The van der Waals surface area contributed by atoms with E-state index in [1.807, 2.05) is 26.0 Å². The lowest BCUT2D eigenvalue weighted by Gasteiger charge is -2.33. The summed E-state index contributed by atoms with van der Waals surface area (Å²) in [7, 11) is 1.56. The predicted molar refractivity (Wildman–Crippen MR) is 152 cm³/mol. The molecule has 1 fully saturated rings. The third-order valence-corrected chi connectivity index (χ3v) is 7.29. The van der Waals surface area contributed by atoms with Crippen molar-refractivity contribution in [2.75, 3.05) is 51.5 Å². The molecule has 0 saturated carbocycles. The van der Waals surface area contributed by atoms with Gasteiger partial charge in [-0.3, -0.25) is 9.59 Å². The number of carbonyl (C=O) groups is 4. The van der Waals surface area contributed by atoms with E-state index in [9.17, 15) is 19.2 Å². The second-order valence-electron chi connectivity index (χ2n) is 10.1. The van der Waals surface area contributed by atoms with E-state index in [1.165, 1.54) is 0 Å². The summed E-state index contributed by atoms with van der Waals surface area (Å²) in [6.45, 7) is 11.1. The van der Waals surface area contributed by atoms with Crippen LogP contribution >= 0.6 is 0 Å². The molecule has 0 aromatic heterocycles. The van der Waals surface area contributed by atoms with E-state index in [1.54, 1.807) is 20.9 Å². The van der Waals surface area contributed by atoms with Crippen LogP contribution in [0, 0.1) is 24.7 Å². The van der Waals surface area contributed by atoms with E-state index in [0.717, 1.165) is 55.3 Å². The van der Waals surface area contributed by atoms with Gasteiger partial charge < -0.3 is 34.4 Å². The summed E-state index contributed by atoms with van der Waals surface area (Å²) in [6, 6.07) is 6.13. The Hall–Kier alpha value is -2.62. The van der Waals surface area contributed by atoms with E-state index >= 15 is 0 Å². The van der Waals surface area contributed by atoms with Gasteiger partial charge in [0.25, 0.3) is 0 Å². The minimum absolute atomic E-state index is 0.0394. The number of carbonyl (C=O) groups excluding carboxylic acids is 4. The molecule has 9 heteroatoms. The van der Waals surface area contributed by atoms with Gasteiger partial charge in [0.05, 0.1) is 19.3 Å². The van der Waals surface area contributed by atoms with Crippen LogP contribution in [0.5, 0.6) is 0 Å². The number of Topliss-reactive ketones (excluding diaryl/α,β-unsaturated/α-hetero) is 1. The summed E-state index contributed by atoms with van der Waals surface area (Å²) in [4.78, 5) is 46.5. The Morgan fingerprint density at radius 2 is 1.85 bits per heavy atom. The van der Waals surface area contributed by atoms with Crippen molar-refractivity contribution >= 4 is 30.0 Å². The van der Waals surface area contributed by atoms with Crippen LogP contribution in [-0.2, 0) is 23.9 Å². The van der Waals surface area contributed by atoms with Gasteiger partial charge in [-0.2, -0.15) is 0 Å². The van der Waals surface area contributed by atoms with Gasteiger partial charge in [-0.25, -0.2) is 0 Å². The number of aliphatic hydroxyl groups excluding tert-OH is 1. The van der Waals surface area contributed by atoms with Crippen LogP contribution in [0.15, 0.2) is 18.2 Å². The fourth-order valence-corrected chi connectivity index (χ4v) is 4.57. The zero-order chi connectivity index (χ0) is 29.2. The lowest BCUT2D eigenvalue weighted by atomic mass is 9.81. The molecular formula is C30H48N2O7. The number of benzene rings is 1. The van der Waals surface area contributed by atoms with E-state index in [-0.39, 0.29) is 42.2 Å². The van der Waals surface area contributed by atoms with Crippen LogP contribution in [-0.4, -0.2) is 82.0 Å². The van der Waals surface area contributed by atoms with E-state index in [0.29, 0.717) is 39.1 Å². The number of rotatable bonds is 16. The molecule has 1 aliphatic rings. The Morgan fingerprint density at radius 1 is 1.15 bits per heavy atom. The number of aldehydes is 2. The molecule has 2 N–H and O–H groups in total. The van der Waals surface area contributed by atoms with Crippen LogP contribution in [0.1, 0.15) is 68.8 Å². The minimum Gasteiger partial charge on any atom is -0.396 e. The predicted octanol–water partition coefficient (Wildman–Crippen LogP) is 3.38. The molecule has 1 saturated heterocycles. The number of hydrogen-bond donors (Lipinski definition) is 2. The summed E-state index contributed by atoms with van der Waals surface area (Å²) in [5.74, 6) is -0.450. The Bertz CT molecular complexity index is 884. The summed E-state index contributed by atoms with van der Waals surface area (Å²) < 4.78 is 11.2. The highest BCUT2D eigenvalue weighted by Crippen LogP contribution is 2.25. The van der Waals surface area contributed by atoms with Crippen molar-refractivity contribution in [3.63, 3.8) is 0 Å². The number of nitrogens with one attached hydrogen (secondary N) is 1. The maximum absolute atomic E-state index is 11.7. The topological polar surface area (TPSA) is 122 Å². The third-order valence-electron chi connectivity index (χ3n) is 7.29. The van der Waals surface area contributed by atoms with E-state index < -0.39 is 0 Å². The number of piperidine rings is 1. The number of nitrogens with zero attached hydrogens (tertiary/aromatic N) is 1. The van der Waals surface area contributed by atoms with Crippen molar-refractivity contribution in [3.8, 4) is 0 Å². The molecule has 3 atom stereocenters. The lowest BCUT2D eigenvalue weighted by Crippen LogP contribution is -2.37. The molecule has 2 rings (SSSR count). The molecule has 1 amide bonds. The number of anilines is 1. The van der Waals surface area contributed by atoms with Gasteiger partial charge in [0.1, 0.15) is 12.6 Å². The summed E-state index contributed by atoms with van der Waals surface area (Å²) >= 11 is 0. The largest absolute Gasteiger partial charge is 0.396 e. The number of aliphatic hydroxyl groups is 1. The zero-order valence-electron chi connectivity index (χ0n) is 24.3. The number of hydrogen-bond acceptors (Lipinski definition) is 8. The Labute approximate surface area is 233 Å². The Morgan fingerprint density at radius 3 is 2.41 bits per heavy atom. The van der Waals surface area contributed by atoms with Crippen LogP contribution in [0.2, 0.25) is 0 Å². The average molecular weight is 549 g/mol. The second-order valence-corrected chi connectivity index (χ2v) is 10.1. The van der Waals surface area contributed by atoms with Gasteiger partial charge in [0, 0.05) is 62.9 Å². The summed E-state index contributed by atoms with van der Waals surface area (Å²) in [5.41, 5.74) is 2.97. The quantitative estimate of drug-likeness (QED) is 0.183. The van der Waals surface area contributed by atoms with Crippen molar-refractivity contribution in [3.05, 3.63) is 29.3 Å². The minimum atomic E-state index is -0.264. The van der Waals surface area contributed by atoms with Crippen molar-refractivity contribution in [2.45, 2.75) is 65.9 Å². The summed E-state index contributed by atoms with van der Waals surface area (Å²) in [5, 5.41) is 11.2. The molecule has 9 nitrogen and oxygen atoms in total. The fraction of sp³-hybridized carbons (Fsp3) is 0.667. The van der Waals surface area contributed by atoms with Gasteiger partial charge in [0.2, 0.25) is 5.91 Å². The highest BCUT2D eigenvalue weighted by molar-refractivity contribution is 5.96. The van der Waals surface area contributed by atoms with Gasteiger partial charge in [0.15, 0.2) is 5.78 Å². The van der Waals surface area contributed by atoms with Crippen molar-refractivity contribution in [1.82, 2.24) is 5.32 Å². The fourth-order valence-electron chi connectivity index (χ4n) is 4.57. The first-order valence-electron chi connectivity index (χ1n) is 14.0. The lowest BCUT2D eigenvalue weighted by molar-refractivity contribution is -0.127. The zero-order valence-corrected chi connectivity index (χ0v) is 24.3. The first-order valence-corrected chi connectivity index (χ1v) is 14.0. The van der Waals surface area contributed by atoms with Crippen LogP contribution < -0.4 is 10.2 Å². The molecule has 0 spiro atoms.